The number of hydrogen-bond donors (Lipinski definition) is 2. The van der Waals surface area contributed by atoms with Gasteiger partial charge >= 0.3 is 5.97 Å². The number of carbonyl (C=O) groups excluding carboxylic acids is 1. The fraction of sp³-hybridized carbons (Fsp3) is 0.161. The average molecular weight is 557 g/mol. The fourth-order valence-electron chi connectivity index (χ4n) is 4.89. The Hall–Kier alpha value is -4.63. The minimum Gasteiger partial charge on any atom is -0.496 e. The summed E-state index contributed by atoms with van der Waals surface area (Å²) in [5.74, 6) is -0.793. The van der Waals surface area contributed by atoms with Crippen LogP contribution in [0.15, 0.2) is 95.9 Å². The molecule has 0 saturated heterocycles. The van der Waals surface area contributed by atoms with Crippen molar-refractivity contribution in [2.24, 2.45) is 0 Å². The molecule has 0 bridgehead atoms. The van der Waals surface area contributed by atoms with Crippen molar-refractivity contribution in [3.05, 3.63) is 113 Å². The van der Waals surface area contributed by atoms with E-state index in [9.17, 15) is 18.0 Å². The van der Waals surface area contributed by atoms with Crippen LogP contribution in [0.1, 0.15) is 27.0 Å². The third kappa shape index (κ3) is 5.15. The quantitative estimate of drug-likeness (QED) is 0.322. The molecule has 40 heavy (non-hydrogen) atoms. The third-order valence-electron chi connectivity index (χ3n) is 6.97. The first-order chi connectivity index (χ1) is 19.2. The Morgan fingerprint density at radius 3 is 2.35 bits per heavy atom. The zero-order chi connectivity index (χ0) is 28.4. The number of para-hydroxylation sites is 1. The van der Waals surface area contributed by atoms with E-state index in [2.05, 4.69) is 5.32 Å². The van der Waals surface area contributed by atoms with Gasteiger partial charge in [0.2, 0.25) is 5.91 Å². The van der Waals surface area contributed by atoms with Gasteiger partial charge in [-0.15, -0.1) is 0 Å². The molecule has 1 aliphatic heterocycles. The second-order valence-electron chi connectivity index (χ2n) is 9.60. The standard InChI is InChI=1S/C31H28N2O6S/c1-20-7-16-29(39-2)26(17-20)22-12-14-25(15-13-22)40(37,38)33-27-6-4-3-5-24(27)18-28(33)30(34)32-19-21-8-10-23(11-9-21)31(35)36/h3-17,28H,18-19H2,1-2H3,(H,32,34)(H,35,36)/t28-/m0/s1. The van der Waals surface area contributed by atoms with Crippen LogP contribution in [-0.2, 0) is 27.8 Å². The van der Waals surface area contributed by atoms with E-state index >= 15 is 0 Å². The highest BCUT2D eigenvalue weighted by atomic mass is 32.2. The van der Waals surface area contributed by atoms with E-state index in [1.54, 1.807) is 55.6 Å². The van der Waals surface area contributed by atoms with Gasteiger partial charge in [-0.3, -0.25) is 9.10 Å². The van der Waals surface area contributed by atoms with Gasteiger partial charge in [0.05, 0.1) is 23.3 Å². The molecule has 9 heteroatoms. The van der Waals surface area contributed by atoms with Crippen molar-refractivity contribution in [2.45, 2.75) is 30.8 Å². The number of carbonyl (C=O) groups is 2. The lowest BCUT2D eigenvalue weighted by Gasteiger charge is -2.26. The lowest BCUT2D eigenvalue weighted by molar-refractivity contribution is -0.122. The minimum atomic E-state index is -4.09. The van der Waals surface area contributed by atoms with Crippen LogP contribution >= 0.6 is 0 Å². The number of fused-ring (bicyclic) bond motifs is 1. The highest BCUT2D eigenvalue weighted by Crippen LogP contribution is 2.38. The highest BCUT2D eigenvalue weighted by molar-refractivity contribution is 7.93. The summed E-state index contributed by atoms with van der Waals surface area (Å²) >= 11 is 0. The number of ether oxygens (including phenoxy) is 1. The topological polar surface area (TPSA) is 113 Å². The molecule has 1 aliphatic rings. The zero-order valence-corrected chi connectivity index (χ0v) is 22.8. The summed E-state index contributed by atoms with van der Waals surface area (Å²) in [7, 11) is -2.50. The molecule has 0 saturated carbocycles. The molecule has 8 nitrogen and oxygen atoms in total. The van der Waals surface area contributed by atoms with E-state index in [0.29, 0.717) is 17.0 Å². The predicted octanol–water partition coefficient (Wildman–Crippen LogP) is 4.81. The van der Waals surface area contributed by atoms with Gasteiger partial charge in [0, 0.05) is 18.5 Å². The maximum absolute atomic E-state index is 14.0. The van der Waals surface area contributed by atoms with Gasteiger partial charge in [0.1, 0.15) is 11.8 Å². The number of carboxylic acids is 1. The van der Waals surface area contributed by atoms with E-state index in [4.69, 9.17) is 9.84 Å². The van der Waals surface area contributed by atoms with Crippen LogP contribution in [0, 0.1) is 6.92 Å². The maximum atomic E-state index is 14.0. The summed E-state index contributed by atoms with van der Waals surface area (Å²) in [6, 6.07) is 24.6. The van der Waals surface area contributed by atoms with Crippen LogP contribution in [0.4, 0.5) is 5.69 Å². The summed E-state index contributed by atoms with van der Waals surface area (Å²) < 4.78 is 34.6. The normalized spacial score (nSPS) is 14.4. The van der Waals surface area contributed by atoms with Gasteiger partial charge < -0.3 is 15.2 Å². The highest BCUT2D eigenvalue weighted by Gasteiger charge is 2.42. The number of nitrogens with one attached hydrogen (secondary N) is 1. The van der Waals surface area contributed by atoms with Crippen molar-refractivity contribution >= 4 is 27.6 Å². The van der Waals surface area contributed by atoms with Gasteiger partial charge in [-0.05, 0) is 66.1 Å². The Labute approximate surface area is 232 Å². The Kier molecular flexibility index (Phi) is 7.32. The molecule has 0 radical (unpaired) electrons. The number of sulfonamides is 1. The van der Waals surface area contributed by atoms with Crippen LogP contribution in [-0.4, -0.2) is 38.6 Å². The zero-order valence-electron chi connectivity index (χ0n) is 22.0. The molecule has 0 aliphatic carbocycles. The number of nitrogens with zero attached hydrogens (tertiary/aromatic N) is 1. The Morgan fingerprint density at radius 1 is 0.975 bits per heavy atom. The van der Waals surface area contributed by atoms with Gasteiger partial charge in [0.15, 0.2) is 0 Å². The molecule has 4 aromatic rings. The van der Waals surface area contributed by atoms with Gasteiger partial charge in [0.25, 0.3) is 10.0 Å². The second kappa shape index (κ2) is 10.9. The monoisotopic (exact) mass is 556 g/mol. The van der Waals surface area contributed by atoms with Crippen molar-refractivity contribution in [1.29, 1.82) is 0 Å². The molecule has 5 rings (SSSR count). The first-order valence-electron chi connectivity index (χ1n) is 12.7. The lowest BCUT2D eigenvalue weighted by atomic mass is 10.0. The van der Waals surface area contributed by atoms with Crippen molar-refractivity contribution in [3.8, 4) is 16.9 Å². The number of rotatable bonds is 8. The largest absolute Gasteiger partial charge is 0.496 e. The van der Waals surface area contributed by atoms with Crippen molar-refractivity contribution in [2.75, 3.05) is 11.4 Å². The van der Waals surface area contributed by atoms with Crippen molar-refractivity contribution < 1.29 is 27.9 Å². The number of hydrogen-bond acceptors (Lipinski definition) is 5. The Bertz CT molecular complexity index is 1680. The van der Waals surface area contributed by atoms with E-state index < -0.39 is 27.9 Å². The molecule has 0 spiro atoms. The van der Waals surface area contributed by atoms with Crippen LogP contribution in [0.5, 0.6) is 5.75 Å². The second-order valence-corrected chi connectivity index (χ2v) is 11.4. The average Bonchev–Trinajstić information content (AvgIpc) is 3.37. The molecule has 1 atom stereocenters. The summed E-state index contributed by atoms with van der Waals surface area (Å²) in [4.78, 5) is 24.5. The number of aryl methyl sites for hydroxylation is 1. The molecule has 1 amide bonds. The van der Waals surface area contributed by atoms with Crippen LogP contribution in [0.2, 0.25) is 0 Å². The van der Waals surface area contributed by atoms with E-state index in [1.807, 2.05) is 37.3 Å². The molecular formula is C31H28N2O6S. The SMILES string of the molecule is COc1ccc(C)cc1-c1ccc(S(=O)(=O)N2c3ccccc3C[C@H]2C(=O)NCc2ccc(C(=O)O)cc2)cc1. The van der Waals surface area contributed by atoms with Crippen molar-refractivity contribution in [1.82, 2.24) is 5.32 Å². The smallest absolute Gasteiger partial charge is 0.335 e. The van der Waals surface area contributed by atoms with Crippen molar-refractivity contribution in [3.63, 3.8) is 0 Å². The number of amides is 1. The summed E-state index contributed by atoms with van der Waals surface area (Å²) in [6.07, 6.45) is 0.234. The number of carboxylic acid groups (broad SMARTS) is 1. The molecule has 4 aromatic carbocycles. The lowest BCUT2D eigenvalue weighted by Crippen LogP contribution is -2.47. The molecule has 0 fully saturated rings. The number of anilines is 1. The van der Waals surface area contributed by atoms with Gasteiger partial charge in [-0.25, -0.2) is 13.2 Å². The van der Waals surface area contributed by atoms with E-state index in [-0.39, 0.29) is 23.4 Å². The summed E-state index contributed by atoms with van der Waals surface area (Å²) in [5.41, 5.74) is 4.79. The molecule has 204 valence electrons. The molecule has 0 aromatic heterocycles. The maximum Gasteiger partial charge on any atom is 0.335 e. The predicted molar refractivity (Wildman–Crippen MR) is 152 cm³/mol. The van der Waals surface area contributed by atoms with E-state index in [1.165, 1.54) is 16.4 Å². The molecule has 1 heterocycles. The van der Waals surface area contributed by atoms with Gasteiger partial charge in [-0.1, -0.05) is 54.1 Å². The number of aromatic carboxylic acids is 1. The Morgan fingerprint density at radius 2 is 1.68 bits per heavy atom. The first-order valence-corrected chi connectivity index (χ1v) is 14.1. The molecular weight excluding hydrogens is 528 g/mol. The summed E-state index contributed by atoms with van der Waals surface area (Å²) in [6.45, 7) is 2.11. The molecule has 0 unspecified atom stereocenters. The fourth-order valence-corrected chi connectivity index (χ4v) is 6.54. The van der Waals surface area contributed by atoms with Crippen LogP contribution < -0.4 is 14.4 Å². The number of methoxy groups -OCH3 is 1. The first kappa shape index (κ1) is 27.0. The molecule has 2 N–H and O–H groups in total. The number of benzene rings is 4. The van der Waals surface area contributed by atoms with Crippen LogP contribution in [0.3, 0.4) is 0 Å². The van der Waals surface area contributed by atoms with E-state index in [0.717, 1.165) is 22.3 Å². The minimum absolute atomic E-state index is 0.0710. The van der Waals surface area contributed by atoms with Gasteiger partial charge in [-0.2, -0.15) is 0 Å². The Balaban J connectivity index is 1.42. The summed E-state index contributed by atoms with van der Waals surface area (Å²) in [5, 5.41) is 11.9. The third-order valence-corrected chi connectivity index (χ3v) is 8.81. The van der Waals surface area contributed by atoms with Crippen LogP contribution in [0.25, 0.3) is 11.1 Å².